The second kappa shape index (κ2) is 9.39. The molecule has 0 bridgehead atoms. The molecule has 2 heterocycles. The van der Waals surface area contributed by atoms with Crippen LogP contribution in [0.3, 0.4) is 0 Å². The molecule has 0 spiro atoms. The highest BCUT2D eigenvalue weighted by Crippen LogP contribution is 2.03. The number of hydrogen-bond donors (Lipinski definition) is 0. The molecule has 2 aromatic rings. The summed E-state index contributed by atoms with van der Waals surface area (Å²) in [6, 6.07) is 11.6. The van der Waals surface area contributed by atoms with Crippen molar-refractivity contribution in [2.24, 2.45) is 10.3 Å². The zero-order valence-corrected chi connectivity index (χ0v) is 14.3. The zero-order chi connectivity index (χ0) is 17.2. The van der Waals surface area contributed by atoms with Gasteiger partial charge in [0, 0.05) is 11.4 Å². The number of oxime groups is 2. The number of hydrogen-bond acceptors (Lipinski definition) is 6. The highest BCUT2D eigenvalue weighted by molar-refractivity contribution is 5.96. The van der Waals surface area contributed by atoms with E-state index in [4.69, 9.17) is 4.84 Å². The molecule has 126 valence electrons. The average Bonchev–Trinajstić information content (AvgIpc) is 2.60. The van der Waals surface area contributed by atoms with E-state index in [1.54, 1.807) is 6.21 Å². The fourth-order valence-electron chi connectivity index (χ4n) is 2.07. The van der Waals surface area contributed by atoms with Crippen LogP contribution in [0.15, 0.2) is 46.7 Å². The van der Waals surface area contributed by atoms with Crippen LogP contribution >= 0.6 is 0 Å². The van der Waals surface area contributed by atoms with Crippen molar-refractivity contribution < 1.29 is 9.68 Å². The van der Waals surface area contributed by atoms with Crippen molar-refractivity contribution in [1.82, 2.24) is 9.97 Å². The van der Waals surface area contributed by atoms with Crippen molar-refractivity contribution in [1.29, 1.82) is 0 Å². The van der Waals surface area contributed by atoms with Crippen LogP contribution in [0.4, 0.5) is 0 Å². The first kappa shape index (κ1) is 17.6. The normalized spacial score (nSPS) is 11.7. The van der Waals surface area contributed by atoms with E-state index in [0.29, 0.717) is 6.61 Å². The quantitative estimate of drug-likeness (QED) is 0.424. The van der Waals surface area contributed by atoms with Crippen LogP contribution in [0.2, 0.25) is 0 Å². The maximum absolute atomic E-state index is 5.38. The molecule has 0 amide bonds. The number of pyridine rings is 2. The van der Waals surface area contributed by atoms with Gasteiger partial charge in [-0.2, -0.15) is 0 Å². The molecule has 0 unspecified atom stereocenters. The average molecular weight is 326 g/mol. The van der Waals surface area contributed by atoms with Gasteiger partial charge < -0.3 is 9.68 Å². The van der Waals surface area contributed by atoms with Crippen LogP contribution in [0.5, 0.6) is 0 Å². The first-order valence-electron chi connectivity index (χ1n) is 7.82. The minimum atomic E-state index is 0.529. The van der Waals surface area contributed by atoms with Gasteiger partial charge in [-0.3, -0.25) is 9.97 Å². The summed E-state index contributed by atoms with van der Waals surface area (Å²) in [6.07, 6.45) is 3.23. The van der Waals surface area contributed by atoms with Crippen molar-refractivity contribution in [3.63, 3.8) is 0 Å². The summed E-state index contributed by atoms with van der Waals surface area (Å²) in [4.78, 5) is 18.9. The summed E-state index contributed by atoms with van der Waals surface area (Å²) in [7, 11) is 1.51. The Morgan fingerprint density at radius 1 is 1.17 bits per heavy atom. The number of rotatable bonds is 8. The van der Waals surface area contributed by atoms with Crippen LogP contribution in [0, 0.1) is 6.92 Å². The lowest BCUT2D eigenvalue weighted by atomic mass is 10.2. The van der Waals surface area contributed by atoms with Gasteiger partial charge >= 0.3 is 0 Å². The van der Waals surface area contributed by atoms with Gasteiger partial charge in [0.2, 0.25) is 0 Å². The molecule has 0 aromatic carbocycles. The van der Waals surface area contributed by atoms with E-state index in [9.17, 15) is 0 Å². The number of nitrogens with zero attached hydrogens (tertiary/aromatic N) is 4. The molecule has 24 heavy (non-hydrogen) atoms. The van der Waals surface area contributed by atoms with Crippen LogP contribution < -0.4 is 0 Å². The van der Waals surface area contributed by atoms with Gasteiger partial charge in [0.15, 0.2) is 0 Å². The van der Waals surface area contributed by atoms with Gasteiger partial charge in [-0.1, -0.05) is 22.4 Å². The van der Waals surface area contributed by atoms with E-state index in [1.807, 2.05) is 50.2 Å². The third-order valence-corrected chi connectivity index (χ3v) is 3.25. The van der Waals surface area contributed by atoms with Gasteiger partial charge in [-0.05, 0) is 51.0 Å². The Balaban J connectivity index is 1.78. The third-order valence-electron chi connectivity index (χ3n) is 3.25. The van der Waals surface area contributed by atoms with E-state index < -0.39 is 0 Å². The summed E-state index contributed by atoms with van der Waals surface area (Å²) >= 11 is 0. The first-order chi connectivity index (χ1) is 11.7. The first-order valence-corrected chi connectivity index (χ1v) is 7.82. The molecule has 0 N–H and O–H groups in total. The Hall–Kier alpha value is -2.76. The van der Waals surface area contributed by atoms with Crippen LogP contribution in [0.25, 0.3) is 0 Å². The van der Waals surface area contributed by atoms with Gasteiger partial charge in [0.25, 0.3) is 0 Å². The molecule has 0 saturated heterocycles. The predicted octanol–water partition coefficient (Wildman–Crippen LogP) is 3.14. The van der Waals surface area contributed by atoms with Crippen molar-refractivity contribution in [2.75, 3.05) is 13.7 Å². The summed E-state index contributed by atoms with van der Waals surface area (Å²) in [5.41, 5.74) is 4.33. The SMILES string of the molecule is CON=Cc1cccc(CCCON=C(C)c2cccc(C)n2)n1. The molecule has 0 fully saturated rings. The Bertz CT molecular complexity index is 714. The van der Waals surface area contributed by atoms with Crippen LogP contribution in [-0.4, -0.2) is 35.6 Å². The molecule has 0 atom stereocenters. The van der Waals surface area contributed by atoms with E-state index in [-0.39, 0.29) is 0 Å². The molecule has 6 heteroatoms. The fraction of sp³-hybridized carbons (Fsp3) is 0.333. The maximum atomic E-state index is 5.38. The van der Waals surface area contributed by atoms with Crippen LogP contribution in [-0.2, 0) is 16.1 Å². The number of aryl methyl sites for hydroxylation is 2. The predicted molar refractivity (Wildman–Crippen MR) is 94.3 cm³/mol. The molecule has 2 aromatic heterocycles. The molecule has 2 rings (SSSR count). The zero-order valence-electron chi connectivity index (χ0n) is 14.3. The monoisotopic (exact) mass is 326 g/mol. The van der Waals surface area contributed by atoms with E-state index in [1.165, 1.54) is 7.11 Å². The Morgan fingerprint density at radius 3 is 2.79 bits per heavy atom. The number of aromatic nitrogens is 2. The highest BCUT2D eigenvalue weighted by Gasteiger charge is 2.00. The molecule has 0 aliphatic heterocycles. The van der Waals surface area contributed by atoms with Crippen molar-refractivity contribution in [2.45, 2.75) is 26.7 Å². The van der Waals surface area contributed by atoms with Crippen molar-refractivity contribution in [3.05, 3.63) is 59.2 Å². The minimum absolute atomic E-state index is 0.529. The Morgan fingerprint density at radius 2 is 2.00 bits per heavy atom. The van der Waals surface area contributed by atoms with Crippen LogP contribution in [0.1, 0.15) is 36.1 Å². The second-order valence-corrected chi connectivity index (χ2v) is 5.25. The lowest BCUT2D eigenvalue weighted by Crippen LogP contribution is -2.02. The lowest BCUT2D eigenvalue weighted by molar-refractivity contribution is 0.141. The largest absolute Gasteiger partial charge is 0.399 e. The molecular formula is C18H22N4O2. The smallest absolute Gasteiger partial charge is 0.117 e. The molecular weight excluding hydrogens is 304 g/mol. The lowest BCUT2D eigenvalue weighted by Gasteiger charge is -2.04. The summed E-state index contributed by atoms with van der Waals surface area (Å²) in [5, 5.41) is 7.83. The highest BCUT2D eigenvalue weighted by atomic mass is 16.6. The molecule has 0 aliphatic carbocycles. The Kier molecular flexibility index (Phi) is 6.89. The third kappa shape index (κ3) is 5.79. The molecule has 6 nitrogen and oxygen atoms in total. The fourth-order valence-corrected chi connectivity index (χ4v) is 2.07. The Labute approximate surface area is 142 Å². The molecule has 0 radical (unpaired) electrons. The van der Waals surface area contributed by atoms with Gasteiger partial charge in [0.1, 0.15) is 19.4 Å². The summed E-state index contributed by atoms with van der Waals surface area (Å²) < 4.78 is 0. The van der Waals surface area contributed by atoms with Gasteiger partial charge in [0.05, 0.1) is 17.6 Å². The standard InChI is InChI=1S/C18H22N4O2/c1-14-7-4-11-18(20-14)15(2)22-24-12-6-10-16-8-5-9-17(21-16)13-19-23-3/h4-5,7-9,11,13H,6,10,12H2,1-3H3. The van der Waals surface area contributed by atoms with Crippen molar-refractivity contribution in [3.8, 4) is 0 Å². The minimum Gasteiger partial charge on any atom is -0.399 e. The second-order valence-electron chi connectivity index (χ2n) is 5.25. The van der Waals surface area contributed by atoms with E-state index >= 15 is 0 Å². The summed E-state index contributed by atoms with van der Waals surface area (Å²) in [5.74, 6) is 0. The topological polar surface area (TPSA) is 69.0 Å². The van der Waals surface area contributed by atoms with Gasteiger partial charge in [-0.25, -0.2) is 0 Å². The van der Waals surface area contributed by atoms with Gasteiger partial charge in [-0.15, -0.1) is 0 Å². The summed E-state index contributed by atoms with van der Waals surface area (Å²) in [6.45, 7) is 4.37. The van der Waals surface area contributed by atoms with E-state index in [0.717, 1.165) is 41.3 Å². The van der Waals surface area contributed by atoms with E-state index in [2.05, 4.69) is 25.1 Å². The maximum Gasteiger partial charge on any atom is 0.117 e. The molecule has 0 saturated carbocycles. The van der Waals surface area contributed by atoms with Crippen molar-refractivity contribution >= 4 is 11.9 Å². The molecule has 0 aliphatic rings.